The van der Waals surface area contributed by atoms with Gasteiger partial charge in [0.2, 0.25) is 0 Å². The van der Waals surface area contributed by atoms with Gasteiger partial charge in [-0.1, -0.05) is 6.07 Å². The lowest BCUT2D eigenvalue weighted by molar-refractivity contribution is -0.172. The molecule has 7 nitrogen and oxygen atoms in total. The van der Waals surface area contributed by atoms with Gasteiger partial charge in [0.1, 0.15) is 5.92 Å². The topological polar surface area (TPSA) is 103 Å². The molecule has 0 radical (unpaired) electrons. The maximum atomic E-state index is 12.6. The van der Waals surface area contributed by atoms with Crippen molar-refractivity contribution in [2.75, 3.05) is 13.2 Å². The lowest BCUT2D eigenvalue weighted by Crippen LogP contribution is -2.55. The molecule has 1 N–H and O–H groups in total. The van der Waals surface area contributed by atoms with E-state index in [1.807, 2.05) is 0 Å². The molecule has 0 spiro atoms. The van der Waals surface area contributed by atoms with Crippen LogP contribution in [0.4, 0.5) is 0 Å². The van der Waals surface area contributed by atoms with Crippen molar-refractivity contribution in [1.82, 2.24) is 4.98 Å². The van der Waals surface area contributed by atoms with Crippen LogP contribution in [-0.4, -0.2) is 46.6 Å². The molecule has 1 aliphatic rings. The van der Waals surface area contributed by atoms with Crippen molar-refractivity contribution >= 4 is 17.7 Å². The summed E-state index contributed by atoms with van der Waals surface area (Å²) in [5.74, 6) is -5.10. The number of ketones is 1. The van der Waals surface area contributed by atoms with E-state index < -0.39 is 41.1 Å². The summed E-state index contributed by atoms with van der Waals surface area (Å²) in [6.07, 6.45) is 1.18. The van der Waals surface area contributed by atoms with Gasteiger partial charge in [-0.15, -0.1) is 0 Å². The van der Waals surface area contributed by atoms with Gasteiger partial charge in [-0.05, 0) is 32.9 Å². The van der Waals surface area contributed by atoms with Gasteiger partial charge in [0.15, 0.2) is 5.78 Å². The molecule has 0 saturated heterocycles. The Hall–Kier alpha value is -2.28. The Kier molecular flexibility index (Phi) is 5.89. The summed E-state index contributed by atoms with van der Waals surface area (Å²) in [5, 5.41) is 10.8. The Morgan fingerprint density at radius 1 is 1.24 bits per heavy atom. The number of hydrogen-bond donors (Lipinski definition) is 1. The summed E-state index contributed by atoms with van der Waals surface area (Å²) in [5.41, 5.74) is -1.28. The van der Waals surface area contributed by atoms with Gasteiger partial charge in [0, 0.05) is 24.2 Å². The number of carbonyl (C=O) groups is 3. The SMILES string of the molecule is CCOC(=O)[C@@H]1C(=O)C[C@](C)(O)[C@H](C(=O)OCC)[C@@H]1c1ccccn1. The zero-order valence-electron chi connectivity index (χ0n) is 14.6. The van der Waals surface area contributed by atoms with Crippen LogP contribution in [0, 0.1) is 11.8 Å². The van der Waals surface area contributed by atoms with Crippen molar-refractivity contribution in [3.05, 3.63) is 30.1 Å². The lowest BCUT2D eigenvalue weighted by Gasteiger charge is -2.43. The quantitative estimate of drug-likeness (QED) is 0.630. The summed E-state index contributed by atoms with van der Waals surface area (Å²) in [6.45, 7) is 4.93. The standard InChI is InChI=1S/C18H23NO6/c1-4-24-16(21)14-12(20)10-18(3,23)15(17(22)25-5-2)13(14)11-8-6-7-9-19-11/h6-9,13-15,23H,4-5,10H2,1-3H3/t13-,14-,15+,18+/m1/s1. The Morgan fingerprint density at radius 2 is 1.88 bits per heavy atom. The zero-order valence-corrected chi connectivity index (χ0v) is 14.6. The van der Waals surface area contributed by atoms with Crippen LogP contribution in [0.3, 0.4) is 0 Å². The molecule has 1 aromatic heterocycles. The Morgan fingerprint density at radius 3 is 2.44 bits per heavy atom. The number of pyridine rings is 1. The minimum absolute atomic E-state index is 0.109. The summed E-state index contributed by atoms with van der Waals surface area (Å²) in [4.78, 5) is 41.8. The number of ether oxygens (including phenoxy) is 2. The average Bonchev–Trinajstić information content (AvgIpc) is 2.54. The Balaban J connectivity index is 2.57. The zero-order chi connectivity index (χ0) is 18.6. The molecule has 1 aliphatic carbocycles. The number of aliphatic hydroxyl groups is 1. The maximum absolute atomic E-state index is 12.6. The highest BCUT2D eigenvalue weighted by Gasteiger charge is 2.57. The molecule has 1 aromatic rings. The summed E-state index contributed by atoms with van der Waals surface area (Å²) >= 11 is 0. The fraction of sp³-hybridized carbons (Fsp3) is 0.556. The second kappa shape index (κ2) is 7.74. The van der Waals surface area contributed by atoms with Crippen molar-refractivity contribution in [2.24, 2.45) is 11.8 Å². The molecule has 7 heteroatoms. The molecule has 1 fully saturated rings. The molecule has 4 atom stereocenters. The normalized spacial score (nSPS) is 29.1. The van der Waals surface area contributed by atoms with Crippen LogP contribution >= 0.6 is 0 Å². The maximum Gasteiger partial charge on any atom is 0.317 e. The van der Waals surface area contributed by atoms with Gasteiger partial charge in [0.05, 0.1) is 24.7 Å². The number of hydrogen-bond acceptors (Lipinski definition) is 7. The van der Waals surface area contributed by atoms with Gasteiger partial charge in [-0.25, -0.2) is 0 Å². The first-order chi connectivity index (χ1) is 11.8. The first kappa shape index (κ1) is 19.1. The molecule has 2 rings (SSSR count). The average molecular weight is 349 g/mol. The lowest BCUT2D eigenvalue weighted by atomic mass is 9.62. The van der Waals surface area contributed by atoms with Crippen LogP contribution in [-0.2, 0) is 23.9 Å². The van der Waals surface area contributed by atoms with Crippen molar-refractivity contribution in [1.29, 1.82) is 0 Å². The van der Waals surface area contributed by atoms with E-state index >= 15 is 0 Å². The van der Waals surface area contributed by atoms with E-state index in [9.17, 15) is 19.5 Å². The van der Waals surface area contributed by atoms with E-state index in [1.165, 1.54) is 13.1 Å². The smallest absolute Gasteiger partial charge is 0.317 e. The summed E-state index contributed by atoms with van der Waals surface area (Å²) in [6, 6.07) is 5.00. The molecule has 0 unspecified atom stereocenters. The molecule has 0 bridgehead atoms. The highest BCUT2D eigenvalue weighted by atomic mass is 16.5. The third-order valence-corrected chi connectivity index (χ3v) is 4.38. The molecule has 0 amide bonds. The van der Waals surface area contributed by atoms with Gasteiger partial charge in [0.25, 0.3) is 0 Å². The highest BCUT2D eigenvalue weighted by molar-refractivity contribution is 6.02. The van der Waals surface area contributed by atoms with E-state index in [2.05, 4.69) is 4.98 Å². The molecule has 136 valence electrons. The molecular weight excluding hydrogens is 326 g/mol. The first-order valence-corrected chi connectivity index (χ1v) is 8.32. The van der Waals surface area contributed by atoms with Crippen molar-refractivity contribution in [2.45, 2.75) is 38.7 Å². The van der Waals surface area contributed by atoms with Crippen molar-refractivity contribution in [3.8, 4) is 0 Å². The minimum Gasteiger partial charge on any atom is -0.466 e. The van der Waals surface area contributed by atoms with Crippen LogP contribution in [0.15, 0.2) is 24.4 Å². The molecule has 0 aromatic carbocycles. The fourth-order valence-corrected chi connectivity index (χ4v) is 3.41. The van der Waals surface area contributed by atoms with E-state index in [4.69, 9.17) is 9.47 Å². The number of esters is 2. The van der Waals surface area contributed by atoms with Crippen molar-refractivity contribution < 1.29 is 29.0 Å². The molecule has 25 heavy (non-hydrogen) atoms. The largest absolute Gasteiger partial charge is 0.466 e. The van der Waals surface area contributed by atoms with Gasteiger partial charge >= 0.3 is 11.9 Å². The second-order valence-electron chi connectivity index (χ2n) is 6.24. The number of aromatic nitrogens is 1. The van der Waals surface area contributed by atoms with Crippen molar-refractivity contribution in [3.63, 3.8) is 0 Å². The number of rotatable bonds is 5. The summed E-state index contributed by atoms with van der Waals surface area (Å²) in [7, 11) is 0. The van der Waals surface area contributed by atoms with E-state index in [0.717, 1.165) is 0 Å². The van der Waals surface area contributed by atoms with E-state index in [0.29, 0.717) is 5.69 Å². The van der Waals surface area contributed by atoms with Crippen LogP contribution in [0.25, 0.3) is 0 Å². The number of nitrogens with zero attached hydrogens (tertiary/aromatic N) is 1. The van der Waals surface area contributed by atoms with Gasteiger partial charge < -0.3 is 14.6 Å². The van der Waals surface area contributed by atoms with Gasteiger partial charge in [-0.3, -0.25) is 19.4 Å². The number of Topliss-reactive ketones (excluding diaryl/α,β-unsaturated/α-hetero) is 1. The van der Waals surface area contributed by atoms with Crippen LogP contribution in [0.2, 0.25) is 0 Å². The van der Waals surface area contributed by atoms with E-state index in [-0.39, 0.29) is 19.6 Å². The third kappa shape index (κ3) is 3.87. The van der Waals surface area contributed by atoms with Crippen LogP contribution in [0.5, 0.6) is 0 Å². The Bertz CT molecular complexity index is 642. The predicted molar refractivity (Wildman–Crippen MR) is 87.5 cm³/mol. The molecular formula is C18H23NO6. The molecule has 1 saturated carbocycles. The highest BCUT2D eigenvalue weighted by Crippen LogP contribution is 2.46. The van der Waals surface area contributed by atoms with E-state index in [1.54, 1.807) is 32.0 Å². The first-order valence-electron chi connectivity index (χ1n) is 8.32. The minimum atomic E-state index is -1.64. The summed E-state index contributed by atoms with van der Waals surface area (Å²) < 4.78 is 10.1. The fourth-order valence-electron chi connectivity index (χ4n) is 3.41. The monoisotopic (exact) mass is 349 g/mol. The predicted octanol–water partition coefficient (Wildman–Crippen LogP) is 1.25. The molecule has 0 aliphatic heterocycles. The Labute approximate surface area is 146 Å². The second-order valence-corrected chi connectivity index (χ2v) is 6.24. The van der Waals surface area contributed by atoms with Crippen LogP contribution < -0.4 is 0 Å². The van der Waals surface area contributed by atoms with Gasteiger partial charge in [-0.2, -0.15) is 0 Å². The number of carbonyl (C=O) groups excluding carboxylic acids is 3. The third-order valence-electron chi connectivity index (χ3n) is 4.38. The molecule has 1 heterocycles. The van der Waals surface area contributed by atoms with Crippen LogP contribution in [0.1, 0.15) is 38.8 Å².